The third-order valence-corrected chi connectivity index (χ3v) is 4.20. The highest BCUT2D eigenvalue weighted by Gasteiger charge is 2.32. The van der Waals surface area contributed by atoms with Crippen molar-refractivity contribution in [3.8, 4) is 0 Å². The standard InChI is InChI=1S/C18H30N2/c1-6-19-17-15-10-8-7-9-14(15)11-12-16(17)20(5)13-18(2,3)4/h7-10,16-17,19H,6,11-13H2,1-5H3. The lowest BCUT2D eigenvalue weighted by molar-refractivity contribution is 0.128. The molecule has 0 heterocycles. The van der Waals surface area contributed by atoms with E-state index in [-0.39, 0.29) is 0 Å². The lowest BCUT2D eigenvalue weighted by Crippen LogP contribution is -2.47. The molecule has 0 amide bonds. The molecule has 2 heteroatoms. The number of likely N-dealkylation sites (N-methyl/N-ethyl adjacent to an activating group) is 2. The van der Waals surface area contributed by atoms with Crippen LogP contribution in [0.15, 0.2) is 24.3 Å². The molecular weight excluding hydrogens is 244 g/mol. The van der Waals surface area contributed by atoms with E-state index in [0.29, 0.717) is 17.5 Å². The first-order valence-electron chi connectivity index (χ1n) is 7.94. The van der Waals surface area contributed by atoms with Crippen molar-refractivity contribution >= 4 is 0 Å². The van der Waals surface area contributed by atoms with Crippen LogP contribution in [0.5, 0.6) is 0 Å². The highest BCUT2D eigenvalue weighted by atomic mass is 15.2. The van der Waals surface area contributed by atoms with Crippen molar-refractivity contribution in [2.75, 3.05) is 20.1 Å². The van der Waals surface area contributed by atoms with E-state index in [9.17, 15) is 0 Å². The summed E-state index contributed by atoms with van der Waals surface area (Å²) >= 11 is 0. The third kappa shape index (κ3) is 3.62. The lowest BCUT2D eigenvalue weighted by atomic mass is 9.82. The van der Waals surface area contributed by atoms with E-state index in [1.54, 1.807) is 0 Å². The number of rotatable bonds is 4. The summed E-state index contributed by atoms with van der Waals surface area (Å²) in [6.45, 7) is 11.3. The number of aryl methyl sites for hydroxylation is 1. The third-order valence-electron chi connectivity index (χ3n) is 4.20. The first-order valence-corrected chi connectivity index (χ1v) is 7.94. The Hall–Kier alpha value is -0.860. The highest BCUT2D eigenvalue weighted by Crippen LogP contribution is 2.33. The van der Waals surface area contributed by atoms with Crippen LogP contribution in [0, 0.1) is 5.41 Å². The van der Waals surface area contributed by atoms with Crippen LogP contribution in [0.4, 0.5) is 0 Å². The minimum atomic E-state index is 0.350. The molecule has 2 unspecified atom stereocenters. The second kappa shape index (κ2) is 6.28. The molecule has 0 saturated carbocycles. The van der Waals surface area contributed by atoms with E-state index in [2.05, 4.69) is 69.2 Å². The molecule has 0 aromatic heterocycles. The average Bonchev–Trinajstić information content (AvgIpc) is 2.37. The van der Waals surface area contributed by atoms with Gasteiger partial charge in [0.2, 0.25) is 0 Å². The first-order chi connectivity index (χ1) is 9.42. The zero-order valence-electron chi connectivity index (χ0n) is 13.7. The highest BCUT2D eigenvalue weighted by molar-refractivity contribution is 5.34. The normalized spacial score (nSPS) is 22.9. The predicted octanol–water partition coefficient (Wildman–Crippen LogP) is 3.63. The van der Waals surface area contributed by atoms with Crippen LogP contribution in [0.1, 0.15) is 51.3 Å². The monoisotopic (exact) mass is 274 g/mol. The van der Waals surface area contributed by atoms with Crippen LogP contribution in [-0.2, 0) is 6.42 Å². The molecule has 1 aromatic carbocycles. The Balaban J connectivity index is 2.21. The van der Waals surface area contributed by atoms with Gasteiger partial charge in [0.25, 0.3) is 0 Å². The van der Waals surface area contributed by atoms with E-state index in [4.69, 9.17) is 0 Å². The van der Waals surface area contributed by atoms with E-state index >= 15 is 0 Å². The molecule has 1 N–H and O–H groups in total. The molecule has 0 radical (unpaired) electrons. The minimum Gasteiger partial charge on any atom is -0.309 e. The fourth-order valence-electron chi connectivity index (χ4n) is 3.55. The maximum atomic E-state index is 3.72. The Morgan fingerprint density at radius 1 is 1.25 bits per heavy atom. The second-order valence-corrected chi connectivity index (χ2v) is 7.32. The van der Waals surface area contributed by atoms with Gasteiger partial charge >= 0.3 is 0 Å². The number of nitrogens with zero attached hydrogens (tertiary/aromatic N) is 1. The van der Waals surface area contributed by atoms with Gasteiger partial charge in [-0.3, -0.25) is 0 Å². The Kier molecular flexibility index (Phi) is 4.87. The summed E-state index contributed by atoms with van der Waals surface area (Å²) < 4.78 is 0. The van der Waals surface area contributed by atoms with Crippen LogP contribution in [0.3, 0.4) is 0 Å². The zero-order valence-corrected chi connectivity index (χ0v) is 13.7. The van der Waals surface area contributed by atoms with Crippen molar-refractivity contribution in [3.05, 3.63) is 35.4 Å². The molecule has 112 valence electrons. The molecule has 20 heavy (non-hydrogen) atoms. The van der Waals surface area contributed by atoms with Crippen molar-refractivity contribution in [1.82, 2.24) is 10.2 Å². The Bertz CT molecular complexity index is 433. The zero-order chi connectivity index (χ0) is 14.8. The van der Waals surface area contributed by atoms with Crippen LogP contribution in [0.2, 0.25) is 0 Å². The van der Waals surface area contributed by atoms with Gasteiger partial charge in [0, 0.05) is 18.6 Å². The van der Waals surface area contributed by atoms with Gasteiger partial charge in [0.15, 0.2) is 0 Å². The van der Waals surface area contributed by atoms with Crippen LogP contribution in [0.25, 0.3) is 0 Å². The van der Waals surface area contributed by atoms with E-state index in [1.165, 1.54) is 24.0 Å². The van der Waals surface area contributed by atoms with Gasteiger partial charge in [-0.25, -0.2) is 0 Å². The molecule has 0 saturated heterocycles. The second-order valence-electron chi connectivity index (χ2n) is 7.32. The molecule has 0 aliphatic heterocycles. The fraction of sp³-hybridized carbons (Fsp3) is 0.667. The number of hydrogen-bond donors (Lipinski definition) is 1. The van der Waals surface area contributed by atoms with Crippen LogP contribution >= 0.6 is 0 Å². The summed E-state index contributed by atoms with van der Waals surface area (Å²) in [5, 5.41) is 3.72. The number of fused-ring (bicyclic) bond motifs is 1. The van der Waals surface area contributed by atoms with Crippen molar-refractivity contribution in [3.63, 3.8) is 0 Å². The summed E-state index contributed by atoms with van der Waals surface area (Å²) in [7, 11) is 2.29. The van der Waals surface area contributed by atoms with Crippen molar-refractivity contribution < 1.29 is 0 Å². The van der Waals surface area contributed by atoms with Crippen molar-refractivity contribution in [2.45, 2.75) is 52.6 Å². The molecule has 1 aliphatic carbocycles. The number of benzene rings is 1. The van der Waals surface area contributed by atoms with Gasteiger partial charge in [-0.1, -0.05) is 52.0 Å². The summed E-state index contributed by atoms with van der Waals surface area (Å²) in [4.78, 5) is 2.56. The minimum absolute atomic E-state index is 0.350. The van der Waals surface area contributed by atoms with Crippen LogP contribution in [-0.4, -0.2) is 31.1 Å². The smallest absolute Gasteiger partial charge is 0.0480 e. The summed E-state index contributed by atoms with van der Waals surface area (Å²) in [5.74, 6) is 0. The van der Waals surface area contributed by atoms with E-state index in [0.717, 1.165) is 13.1 Å². The predicted molar refractivity (Wildman–Crippen MR) is 87.1 cm³/mol. The maximum Gasteiger partial charge on any atom is 0.0480 e. The van der Waals surface area contributed by atoms with Gasteiger partial charge < -0.3 is 10.2 Å². The quantitative estimate of drug-likeness (QED) is 0.902. The van der Waals surface area contributed by atoms with Gasteiger partial charge in [-0.2, -0.15) is 0 Å². The Morgan fingerprint density at radius 3 is 2.60 bits per heavy atom. The Labute approximate surface area is 124 Å². The topological polar surface area (TPSA) is 15.3 Å². The molecule has 2 rings (SSSR count). The molecular formula is C18H30N2. The number of hydrogen-bond acceptors (Lipinski definition) is 2. The van der Waals surface area contributed by atoms with E-state index in [1.807, 2.05) is 0 Å². The van der Waals surface area contributed by atoms with Gasteiger partial charge in [0.05, 0.1) is 0 Å². The molecule has 1 aromatic rings. The van der Waals surface area contributed by atoms with Crippen LogP contribution < -0.4 is 5.32 Å². The molecule has 0 fully saturated rings. The maximum absolute atomic E-state index is 3.72. The fourth-order valence-corrected chi connectivity index (χ4v) is 3.55. The van der Waals surface area contributed by atoms with Gasteiger partial charge in [0.1, 0.15) is 0 Å². The molecule has 0 bridgehead atoms. The SMILES string of the molecule is CCNC1c2ccccc2CCC1N(C)CC(C)(C)C. The summed E-state index contributed by atoms with van der Waals surface area (Å²) in [6.07, 6.45) is 2.46. The molecule has 2 nitrogen and oxygen atoms in total. The van der Waals surface area contributed by atoms with E-state index < -0.39 is 0 Å². The summed E-state index contributed by atoms with van der Waals surface area (Å²) in [6, 6.07) is 10.0. The first kappa shape index (κ1) is 15.5. The number of nitrogens with one attached hydrogen (secondary N) is 1. The molecule has 2 atom stereocenters. The van der Waals surface area contributed by atoms with Gasteiger partial charge in [-0.05, 0) is 43.0 Å². The molecule has 0 spiro atoms. The molecule has 1 aliphatic rings. The van der Waals surface area contributed by atoms with Gasteiger partial charge in [-0.15, -0.1) is 0 Å². The van der Waals surface area contributed by atoms with Crippen molar-refractivity contribution in [1.29, 1.82) is 0 Å². The average molecular weight is 274 g/mol. The lowest BCUT2D eigenvalue weighted by Gasteiger charge is -2.42. The largest absolute Gasteiger partial charge is 0.309 e. The van der Waals surface area contributed by atoms with Crippen molar-refractivity contribution in [2.24, 2.45) is 5.41 Å². The summed E-state index contributed by atoms with van der Waals surface area (Å²) in [5.41, 5.74) is 3.38. The Morgan fingerprint density at radius 2 is 1.95 bits per heavy atom.